The van der Waals surface area contributed by atoms with Gasteiger partial charge in [0.05, 0.1) is 11.4 Å². The molecule has 0 bridgehead atoms. The van der Waals surface area contributed by atoms with Crippen LogP contribution in [0.25, 0.3) is 0 Å². The number of carbonyl (C=O) groups is 1. The summed E-state index contributed by atoms with van der Waals surface area (Å²) in [5, 5.41) is 3.31. The first-order valence-corrected chi connectivity index (χ1v) is 9.47. The number of ketones is 1. The largest absolute Gasteiger partial charge is 0.342 e. The Morgan fingerprint density at radius 2 is 2.05 bits per heavy atom. The zero-order chi connectivity index (χ0) is 15.3. The molecular formula is C15H24N2O3S. The number of rotatable bonds is 7. The quantitative estimate of drug-likeness (QED) is 0.780. The van der Waals surface area contributed by atoms with Gasteiger partial charge in [-0.15, -0.1) is 0 Å². The highest BCUT2D eigenvalue weighted by Crippen LogP contribution is 2.22. The minimum absolute atomic E-state index is 0.0446. The van der Waals surface area contributed by atoms with Gasteiger partial charge in [-0.05, 0) is 44.5 Å². The molecule has 1 aromatic heterocycles. The Balaban J connectivity index is 2.01. The van der Waals surface area contributed by atoms with Crippen molar-refractivity contribution in [1.29, 1.82) is 0 Å². The van der Waals surface area contributed by atoms with Gasteiger partial charge in [-0.2, -0.15) is 0 Å². The maximum absolute atomic E-state index is 12.3. The van der Waals surface area contributed by atoms with Crippen LogP contribution in [-0.2, 0) is 9.84 Å². The molecule has 118 valence electrons. The highest BCUT2D eigenvalue weighted by Gasteiger charge is 2.21. The van der Waals surface area contributed by atoms with Gasteiger partial charge >= 0.3 is 0 Å². The fourth-order valence-electron chi connectivity index (χ4n) is 2.82. The molecule has 1 N–H and O–H groups in total. The number of hydrogen-bond donors (Lipinski definition) is 1. The molecule has 5 nitrogen and oxygen atoms in total. The number of nitrogens with one attached hydrogen (secondary N) is 1. The van der Waals surface area contributed by atoms with Crippen LogP contribution in [0, 0.1) is 0 Å². The lowest BCUT2D eigenvalue weighted by atomic mass is 10.1. The molecule has 0 amide bonds. The van der Waals surface area contributed by atoms with Crippen LogP contribution in [0.5, 0.6) is 0 Å². The summed E-state index contributed by atoms with van der Waals surface area (Å²) in [6, 6.07) is 4.01. The maximum atomic E-state index is 12.3. The van der Waals surface area contributed by atoms with Crippen molar-refractivity contribution in [2.24, 2.45) is 0 Å². The van der Waals surface area contributed by atoms with E-state index in [2.05, 4.69) is 5.32 Å². The monoisotopic (exact) mass is 312 g/mol. The Morgan fingerprint density at radius 1 is 1.33 bits per heavy atom. The van der Waals surface area contributed by atoms with Crippen LogP contribution in [0.1, 0.15) is 49.1 Å². The summed E-state index contributed by atoms with van der Waals surface area (Å²) in [6.45, 7) is 3.75. The molecule has 0 unspecified atom stereocenters. The zero-order valence-corrected chi connectivity index (χ0v) is 13.4. The maximum Gasteiger partial charge on any atom is 0.180 e. The van der Waals surface area contributed by atoms with Crippen LogP contribution in [0.15, 0.2) is 18.3 Å². The van der Waals surface area contributed by atoms with Crippen LogP contribution in [0.3, 0.4) is 0 Å². The first-order chi connectivity index (χ1) is 10.0. The summed E-state index contributed by atoms with van der Waals surface area (Å²) in [4.78, 5) is 12.3. The molecular weight excluding hydrogens is 288 g/mol. The molecule has 1 fully saturated rings. The minimum Gasteiger partial charge on any atom is -0.342 e. The van der Waals surface area contributed by atoms with E-state index in [1.54, 1.807) is 6.07 Å². The van der Waals surface area contributed by atoms with Crippen LogP contribution < -0.4 is 5.32 Å². The van der Waals surface area contributed by atoms with Crippen molar-refractivity contribution < 1.29 is 13.2 Å². The van der Waals surface area contributed by atoms with Gasteiger partial charge in [0.1, 0.15) is 0 Å². The van der Waals surface area contributed by atoms with Crippen molar-refractivity contribution in [2.75, 3.05) is 24.6 Å². The average Bonchev–Trinajstić information content (AvgIpc) is 2.95. The number of sulfone groups is 1. The Morgan fingerprint density at radius 3 is 2.71 bits per heavy atom. The molecule has 1 aliphatic rings. The van der Waals surface area contributed by atoms with Crippen LogP contribution in [0.4, 0.5) is 0 Å². The van der Waals surface area contributed by atoms with E-state index in [1.165, 1.54) is 0 Å². The van der Waals surface area contributed by atoms with Gasteiger partial charge in [0.15, 0.2) is 15.6 Å². The summed E-state index contributed by atoms with van der Waals surface area (Å²) >= 11 is 0. The number of aromatic nitrogens is 1. The van der Waals surface area contributed by atoms with Gasteiger partial charge in [0.2, 0.25) is 0 Å². The first kappa shape index (κ1) is 16.2. The van der Waals surface area contributed by atoms with Crippen molar-refractivity contribution in [3.8, 4) is 0 Å². The van der Waals surface area contributed by atoms with E-state index < -0.39 is 9.84 Å². The molecule has 0 aliphatic carbocycles. The SMILES string of the molecule is CCCS(=O)(=O)CCC(=O)c1cccn1C1CCNCC1. The average molecular weight is 312 g/mol. The minimum atomic E-state index is -3.10. The molecule has 1 saturated heterocycles. The number of Topliss-reactive ketones (excluding diaryl/α,β-unsaturated/α-hetero) is 1. The molecule has 0 saturated carbocycles. The molecule has 0 radical (unpaired) electrons. The highest BCUT2D eigenvalue weighted by atomic mass is 32.2. The first-order valence-electron chi connectivity index (χ1n) is 7.64. The second-order valence-corrected chi connectivity index (χ2v) is 7.91. The molecule has 2 rings (SSSR count). The molecule has 0 atom stereocenters. The smallest absolute Gasteiger partial charge is 0.180 e. The van der Waals surface area contributed by atoms with Crippen molar-refractivity contribution in [1.82, 2.24) is 9.88 Å². The van der Waals surface area contributed by atoms with E-state index in [1.807, 2.05) is 23.8 Å². The number of nitrogens with zero attached hydrogens (tertiary/aromatic N) is 1. The second kappa shape index (κ2) is 7.22. The van der Waals surface area contributed by atoms with E-state index in [0.29, 0.717) is 18.2 Å². The van der Waals surface area contributed by atoms with Crippen LogP contribution in [0.2, 0.25) is 0 Å². The fraction of sp³-hybridized carbons (Fsp3) is 0.667. The van der Waals surface area contributed by atoms with Crippen molar-refractivity contribution in [2.45, 2.75) is 38.6 Å². The van der Waals surface area contributed by atoms with Crippen LogP contribution >= 0.6 is 0 Å². The van der Waals surface area contributed by atoms with Gasteiger partial charge in [-0.1, -0.05) is 6.92 Å². The predicted molar refractivity (Wildman–Crippen MR) is 83.5 cm³/mol. The topological polar surface area (TPSA) is 68.2 Å². The van der Waals surface area contributed by atoms with Crippen molar-refractivity contribution in [3.05, 3.63) is 24.0 Å². The number of piperidine rings is 1. The van der Waals surface area contributed by atoms with Gasteiger partial charge < -0.3 is 9.88 Å². The van der Waals surface area contributed by atoms with E-state index in [4.69, 9.17) is 0 Å². The Hall–Kier alpha value is -1.14. The fourth-order valence-corrected chi connectivity index (χ4v) is 4.15. The predicted octanol–water partition coefficient (Wildman–Crippen LogP) is 1.81. The van der Waals surface area contributed by atoms with Gasteiger partial charge in [-0.3, -0.25) is 4.79 Å². The van der Waals surface area contributed by atoms with Crippen molar-refractivity contribution in [3.63, 3.8) is 0 Å². The molecule has 21 heavy (non-hydrogen) atoms. The Kier molecular flexibility index (Phi) is 5.58. The standard InChI is InChI=1S/C15H24N2O3S/c1-2-11-21(19,20)12-7-15(18)14-4-3-10-17(14)13-5-8-16-9-6-13/h3-4,10,13,16H,2,5-9,11-12H2,1H3. The third-order valence-corrected chi connectivity index (χ3v) is 5.78. The summed E-state index contributed by atoms with van der Waals surface area (Å²) in [5.41, 5.74) is 0.647. The summed E-state index contributed by atoms with van der Waals surface area (Å²) < 4.78 is 25.5. The Bertz CT molecular complexity index is 571. The lowest BCUT2D eigenvalue weighted by Gasteiger charge is -2.25. The summed E-state index contributed by atoms with van der Waals surface area (Å²) in [5.74, 6) is 0.0466. The van der Waals surface area contributed by atoms with E-state index in [-0.39, 0.29) is 23.7 Å². The van der Waals surface area contributed by atoms with E-state index in [0.717, 1.165) is 25.9 Å². The highest BCUT2D eigenvalue weighted by molar-refractivity contribution is 7.91. The Labute approximate surface area is 126 Å². The summed E-state index contributed by atoms with van der Waals surface area (Å²) in [6.07, 6.45) is 4.62. The van der Waals surface area contributed by atoms with Gasteiger partial charge in [0, 0.05) is 24.4 Å². The molecule has 0 aromatic carbocycles. The molecule has 2 heterocycles. The van der Waals surface area contributed by atoms with Gasteiger partial charge in [0.25, 0.3) is 0 Å². The lowest BCUT2D eigenvalue weighted by Crippen LogP contribution is -2.30. The van der Waals surface area contributed by atoms with E-state index >= 15 is 0 Å². The molecule has 6 heteroatoms. The third-order valence-electron chi connectivity index (χ3n) is 3.92. The van der Waals surface area contributed by atoms with Crippen molar-refractivity contribution >= 4 is 15.6 Å². The zero-order valence-electron chi connectivity index (χ0n) is 12.5. The van der Waals surface area contributed by atoms with Crippen LogP contribution in [-0.4, -0.2) is 43.4 Å². The lowest BCUT2D eigenvalue weighted by molar-refractivity contribution is 0.0976. The van der Waals surface area contributed by atoms with Gasteiger partial charge in [-0.25, -0.2) is 8.42 Å². The molecule has 1 aromatic rings. The normalized spacial score (nSPS) is 17.0. The van der Waals surface area contributed by atoms with E-state index in [9.17, 15) is 13.2 Å². The second-order valence-electron chi connectivity index (χ2n) is 5.61. The molecule has 1 aliphatic heterocycles. The summed E-state index contributed by atoms with van der Waals surface area (Å²) in [7, 11) is -3.10. The number of hydrogen-bond acceptors (Lipinski definition) is 4. The third kappa shape index (κ3) is 4.41. The number of carbonyl (C=O) groups excluding carboxylic acids is 1. The molecule has 0 spiro atoms.